The van der Waals surface area contributed by atoms with Crippen molar-refractivity contribution in [3.8, 4) is 0 Å². The Hall–Kier alpha value is -0.0900. The van der Waals surface area contributed by atoms with Crippen LogP contribution >= 0.6 is 0 Å². The van der Waals surface area contributed by atoms with Gasteiger partial charge in [-0.1, -0.05) is 13.3 Å². The van der Waals surface area contributed by atoms with E-state index in [2.05, 4.69) is 6.92 Å². The summed E-state index contributed by atoms with van der Waals surface area (Å²) in [5.74, 6) is 0.397. The maximum absolute atomic E-state index is 10.8. The summed E-state index contributed by atoms with van der Waals surface area (Å²) in [6.07, 6.45) is 4.70. The third-order valence-corrected chi connectivity index (χ3v) is 2.84. The van der Waals surface area contributed by atoms with Gasteiger partial charge < -0.3 is 4.74 Å². The zero-order valence-corrected chi connectivity index (χ0v) is 8.43. The van der Waals surface area contributed by atoms with Gasteiger partial charge in [-0.15, -0.1) is 0 Å². The summed E-state index contributed by atoms with van der Waals surface area (Å²) in [5.41, 5.74) is 0. The van der Waals surface area contributed by atoms with E-state index in [9.17, 15) is 8.42 Å². The van der Waals surface area contributed by atoms with Crippen LogP contribution in [0, 0.1) is 5.92 Å². The Morgan fingerprint density at radius 2 is 2.08 bits per heavy atom. The molecule has 1 aliphatic rings. The first-order valence-electron chi connectivity index (χ1n) is 4.28. The van der Waals surface area contributed by atoms with Crippen molar-refractivity contribution in [2.75, 3.05) is 12.2 Å². The standard InChI is InChI=1S/C8H16O3S/c1-7-4-3-5-8(7)11-6-12(2,9)10/h7-8H,3-6H2,1-2H3/t7-,8-/m1/s1. The van der Waals surface area contributed by atoms with E-state index in [4.69, 9.17) is 4.74 Å². The zero-order valence-electron chi connectivity index (χ0n) is 7.62. The molecule has 0 amide bonds. The van der Waals surface area contributed by atoms with Crippen LogP contribution in [0.4, 0.5) is 0 Å². The summed E-state index contributed by atoms with van der Waals surface area (Å²) in [6, 6.07) is 0. The molecule has 2 atom stereocenters. The highest BCUT2D eigenvalue weighted by Crippen LogP contribution is 2.27. The van der Waals surface area contributed by atoms with E-state index < -0.39 is 9.84 Å². The van der Waals surface area contributed by atoms with E-state index in [1.54, 1.807) is 0 Å². The van der Waals surface area contributed by atoms with E-state index in [0.29, 0.717) is 5.92 Å². The summed E-state index contributed by atoms with van der Waals surface area (Å²) in [7, 11) is -2.96. The minimum absolute atomic E-state index is 0.123. The second-order valence-corrected chi connectivity index (χ2v) is 5.74. The molecule has 0 aromatic rings. The molecule has 12 heavy (non-hydrogen) atoms. The minimum atomic E-state index is -2.96. The maximum atomic E-state index is 10.8. The summed E-state index contributed by atoms with van der Waals surface area (Å²) in [4.78, 5) is 0. The summed E-state index contributed by atoms with van der Waals surface area (Å²) < 4.78 is 26.8. The molecule has 4 heteroatoms. The molecule has 0 heterocycles. The van der Waals surface area contributed by atoms with Crippen LogP contribution in [-0.2, 0) is 14.6 Å². The van der Waals surface area contributed by atoms with Gasteiger partial charge in [0, 0.05) is 6.26 Å². The summed E-state index contributed by atoms with van der Waals surface area (Å²) >= 11 is 0. The topological polar surface area (TPSA) is 43.4 Å². The predicted octanol–water partition coefficient (Wildman–Crippen LogP) is 1.19. The van der Waals surface area contributed by atoms with Gasteiger partial charge >= 0.3 is 0 Å². The Morgan fingerprint density at radius 1 is 1.42 bits per heavy atom. The first-order chi connectivity index (χ1) is 5.49. The van der Waals surface area contributed by atoms with Gasteiger partial charge in [0.15, 0.2) is 9.84 Å². The highest BCUT2D eigenvalue weighted by atomic mass is 32.2. The van der Waals surface area contributed by atoms with Gasteiger partial charge in [-0.25, -0.2) is 8.42 Å². The van der Waals surface area contributed by atoms with Crippen molar-refractivity contribution < 1.29 is 13.2 Å². The minimum Gasteiger partial charge on any atom is -0.362 e. The molecule has 0 aromatic carbocycles. The first-order valence-corrected chi connectivity index (χ1v) is 6.34. The highest BCUT2D eigenvalue weighted by molar-refractivity contribution is 7.90. The predicted molar refractivity (Wildman–Crippen MR) is 47.6 cm³/mol. The van der Waals surface area contributed by atoms with E-state index in [1.807, 2.05) is 0 Å². The number of rotatable bonds is 3. The fourth-order valence-corrected chi connectivity index (χ4v) is 1.99. The number of sulfone groups is 1. The molecule has 0 spiro atoms. The molecule has 0 N–H and O–H groups in total. The van der Waals surface area contributed by atoms with Gasteiger partial charge in [-0.05, 0) is 18.8 Å². The first kappa shape index (κ1) is 9.99. The van der Waals surface area contributed by atoms with Gasteiger partial charge in [-0.2, -0.15) is 0 Å². The Bertz CT molecular complexity index is 233. The Labute approximate surface area is 74.0 Å². The van der Waals surface area contributed by atoms with Crippen molar-refractivity contribution in [2.24, 2.45) is 5.92 Å². The molecule has 3 nitrogen and oxygen atoms in total. The Balaban J connectivity index is 2.32. The Morgan fingerprint density at radius 3 is 2.50 bits per heavy atom. The largest absolute Gasteiger partial charge is 0.362 e. The fourth-order valence-electron chi connectivity index (χ4n) is 1.57. The van der Waals surface area contributed by atoms with Crippen LogP contribution in [0.1, 0.15) is 26.2 Å². The second-order valence-electron chi connectivity index (χ2n) is 3.66. The molecular formula is C8H16O3S. The number of ether oxygens (including phenoxy) is 1. The van der Waals surface area contributed by atoms with Crippen molar-refractivity contribution in [3.05, 3.63) is 0 Å². The van der Waals surface area contributed by atoms with Gasteiger partial charge in [0.05, 0.1) is 6.10 Å². The van der Waals surface area contributed by atoms with Crippen molar-refractivity contribution in [1.29, 1.82) is 0 Å². The lowest BCUT2D eigenvalue weighted by Gasteiger charge is -2.15. The van der Waals surface area contributed by atoms with Crippen molar-refractivity contribution in [3.63, 3.8) is 0 Å². The van der Waals surface area contributed by atoms with Gasteiger partial charge in [0.1, 0.15) is 5.94 Å². The zero-order chi connectivity index (χ0) is 9.19. The van der Waals surface area contributed by atoms with E-state index in [1.165, 1.54) is 6.26 Å². The van der Waals surface area contributed by atoms with Crippen LogP contribution < -0.4 is 0 Å². The van der Waals surface area contributed by atoms with Gasteiger partial charge in [-0.3, -0.25) is 0 Å². The van der Waals surface area contributed by atoms with Crippen LogP contribution in [0.15, 0.2) is 0 Å². The van der Waals surface area contributed by atoms with E-state index in [0.717, 1.165) is 19.3 Å². The van der Waals surface area contributed by atoms with Gasteiger partial charge in [0.2, 0.25) is 0 Å². The van der Waals surface area contributed by atoms with Crippen LogP contribution in [0.5, 0.6) is 0 Å². The van der Waals surface area contributed by atoms with Gasteiger partial charge in [0.25, 0.3) is 0 Å². The van der Waals surface area contributed by atoms with Crippen molar-refractivity contribution in [2.45, 2.75) is 32.3 Å². The molecule has 1 aliphatic carbocycles. The van der Waals surface area contributed by atoms with Crippen LogP contribution in [-0.4, -0.2) is 26.7 Å². The third-order valence-electron chi connectivity index (χ3n) is 2.28. The van der Waals surface area contributed by atoms with E-state index in [-0.39, 0.29) is 12.0 Å². The summed E-state index contributed by atoms with van der Waals surface area (Å²) in [6.45, 7) is 2.11. The lowest BCUT2D eigenvalue weighted by atomic mass is 10.1. The monoisotopic (exact) mass is 192 g/mol. The number of hydrogen-bond donors (Lipinski definition) is 0. The molecule has 0 saturated heterocycles. The van der Waals surface area contributed by atoms with E-state index >= 15 is 0 Å². The molecular weight excluding hydrogens is 176 g/mol. The molecule has 0 aromatic heterocycles. The fraction of sp³-hybridized carbons (Fsp3) is 1.00. The molecule has 1 saturated carbocycles. The molecule has 1 rings (SSSR count). The molecule has 72 valence electrons. The molecule has 0 radical (unpaired) electrons. The third kappa shape index (κ3) is 3.11. The number of hydrogen-bond acceptors (Lipinski definition) is 3. The average molecular weight is 192 g/mol. The van der Waals surface area contributed by atoms with Crippen LogP contribution in [0.2, 0.25) is 0 Å². The summed E-state index contributed by atoms with van der Waals surface area (Å²) in [5, 5.41) is 0. The van der Waals surface area contributed by atoms with Crippen molar-refractivity contribution >= 4 is 9.84 Å². The maximum Gasteiger partial charge on any atom is 0.171 e. The molecule has 0 unspecified atom stereocenters. The van der Waals surface area contributed by atoms with Crippen LogP contribution in [0.25, 0.3) is 0 Å². The average Bonchev–Trinajstić information content (AvgIpc) is 2.29. The highest BCUT2D eigenvalue weighted by Gasteiger charge is 2.24. The Kier molecular flexibility index (Phi) is 3.12. The SMILES string of the molecule is C[C@@H]1CCC[C@H]1OCS(C)(=O)=O. The van der Waals surface area contributed by atoms with Crippen LogP contribution in [0.3, 0.4) is 0 Å². The lowest BCUT2D eigenvalue weighted by molar-refractivity contribution is 0.0627. The molecule has 1 fully saturated rings. The quantitative estimate of drug-likeness (QED) is 0.674. The molecule has 0 aliphatic heterocycles. The second kappa shape index (κ2) is 3.75. The normalized spacial score (nSPS) is 30.8. The lowest BCUT2D eigenvalue weighted by Crippen LogP contribution is -2.19. The smallest absolute Gasteiger partial charge is 0.171 e. The van der Waals surface area contributed by atoms with Crippen molar-refractivity contribution in [1.82, 2.24) is 0 Å². The molecule has 0 bridgehead atoms.